The van der Waals surface area contributed by atoms with Crippen molar-refractivity contribution in [1.82, 2.24) is 5.01 Å². The molecule has 1 aromatic rings. The molecule has 9 heteroatoms. The second-order valence-corrected chi connectivity index (χ2v) is 3.49. The highest BCUT2D eigenvalue weighted by Gasteiger charge is 2.04. The van der Waals surface area contributed by atoms with Crippen LogP contribution in [0.4, 0.5) is 10.1 Å². The van der Waals surface area contributed by atoms with Gasteiger partial charge < -0.3 is 15.6 Å². The number of hydrazine groups is 1. The van der Waals surface area contributed by atoms with E-state index in [-0.39, 0.29) is 17.8 Å². The van der Waals surface area contributed by atoms with Gasteiger partial charge in [0.2, 0.25) is 0 Å². The largest absolute Gasteiger partial charge is 0.473 e. The van der Waals surface area contributed by atoms with Crippen LogP contribution in [0.5, 0.6) is 0 Å². The Kier molecular flexibility index (Phi) is 8.60. The summed E-state index contributed by atoms with van der Waals surface area (Å²) in [7, 11) is 0. The zero-order valence-electron chi connectivity index (χ0n) is 9.52. The Morgan fingerprint density at radius 2 is 1.74 bits per heavy atom. The minimum Gasteiger partial charge on any atom is -0.473 e. The molecule has 3 N–H and O–H groups in total. The Morgan fingerprint density at radius 3 is 2.11 bits per heavy atom. The van der Waals surface area contributed by atoms with E-state index >= 15 is 0 Å². The number of carboxylic acid groups (broad SMARTS) is 2. The van der Waals surface area contributed by atoms with Crippen molar-refractivity contribution in [2.24, 2.45) is 0 Å². The molecule has 1 rings (SSSR count). The summed E-state index contributed by atoms with van der Waals surface area (Å²) in [6.07, 6.45) is 0. The van der Waals surface area contributed by atoms with Gasteiger partial charge in [-0.1, -0.05) is 6.07 Å². The molecule has 0 spiro atoms. The third-order valence-corrected chi connectivity index (χ3v) is 2.16. The molecule has 0 bridgehead atoms. The monoisotopic (exact) mass is 312 g/mol. The SMILES string of the molecule is Fc1cccc(NN(CCl)CCl)c1.O=C(O)C(=O)O. The molecule has 0 atom stereocenters. The molecule has 0 saturated carbocycles. The van der Waals surface area contributed by atoms with Crippen molar-refractivity contribution in [3.8, 4) is 0 Å². The summed E-state index contributed by atoms with van der Waals surface area (Å²) in [5.74, 6) is -3.95. The number of rotatable bonds is 4. The first-order valence-corrected chi connectivity index (χ1v) is 5.83. The van der Waals surface area contributed by atoms with Crippen LogP contribution in [0.1, 0.15) is 0 Å². The maximum Gasteiger partial charge on any atom is 0.414 e. The van der Waals surface area contributed by atoms with Crippen molar-refractivity contribution >= 4 is 40.8 Å². The molecule has 106 valence electrons. The molecule has 6 nitrogen and oxygen atoms in total. The first-order valence-electron chi connectivity index (χ1n) is 4.76. The molecule has 0 amide bonds. The van der Waals surface area contributed by atoms with Gasteiger partial charge in [0.25, 0.3) is 0 Å². The first kappa shape index (κ1) is 17.4. The number of hydrogen-bond donors (Lipinski definition) is 3. The number of aliphatic carboxylic acids is 2. The van der Waals surface area contributed by atoms with Gasteiger partial charge in [0.15, 0.2) is 0 Å². The van der Waals surface area contributed by atoms with E-state index < -0.39 is 11.9 Å². The number of nitrogens with one attached hydrogen (secondary N) is 1. The summed E-state index contributed by atoms with van der Waals surface area (Å²) in [5.41, 5.74) is 3.47. The van der Waals surface area contributed by atoms with Crippen molar-refractivity contribution in [2.75, 3.05) is 17.4 Å². The fourth-order valence-corrected chi connectivity index (χ4v) is 1.21. The number of carbonyl (C=O) groups is 2. The summed E-state index contributed by atoms with van der Waals surface area (Å²) in [4.78, 5) is 18.2. The van der Waals surface area contributed by atoms with Gasteiger partial charge >= 0.3 is 11.9 Å². The molecule has 0 saturated heterocycles. The van der Waals surface area contributed by atoms with Crippen molar-refractivity contribution in [3.05, 3.63) is 30.1 Å². The molecular weight excluding hydrogens is 302 g/mol. The molecule has 19 heavy (non-hydrogen) atoms. The van der Waals surface area contributed by atoms with Gasteiger partial charge in [-0.3, -0.25) is 0 Å². The highest BCUT2D eigenvalue weighted by atomic mass is 35.5. The minimum absolute atomic E-state index is 0.236. The van der Waals surface area contributed by atoms with Crippen molar-refractivity contribution in [1.29, 1.82) is 0 Å². The summed E-state index contributed by atoms with van der Waals surface area (Å²) < 4.78 is 12.7. The maximum atomic E-state index is 12.7. The summed E-state index contributed by atoms with van der Waals surface area (Å²) in [6.45, 7) is 0. The predicted octanol–water partition coefficient (Wildman–Crippen LogP) is 2.00. The Labute approximate surface area is 118 Å². The standard InChI is InChI=1S/C8H9Cl2FN2.C2H2O4/c9-5-13(6-10)12-8-3-1-2-7(11)4-8;3-1(4)2(5)6/h1-4,12H,5-6H2;(H,3,4)(H,5,6). The van der Waals surface area contributed by atoms with Crippen molar-refractivity contribution in [3.63, 3.8) is 0 Å². The van der Waals surface area contributed by atoms with Crippen LogP contribution in [0.15, 0.2) is 24.3 Å². The fraction of sp³-hybridized carbons (Fsp3) is 0.200. The zero-order valence-corrected chi connectivity index (χ0v) is 11.0. The van der Waals surface area contributed by atoms with Gasteiger partial charge in [-0.15, -0.1) is 23.2 Å². The van der Waals surface area contributed by atoms with Crippen LogP contribution in [-0.4, -0.2) is 39.2 Å². The van der Waals surface area contributed by atoms with Crippen molar-refractivity contribution in [2.45, 2.75) is 0 Å². The van der Waals surface area contributed by atoms with E-state index in [4.69, 9.17) is 43.0 Å². The van der Waals surface area contributed by atoms with E-state index in [1.807, 2.05) is 0 Å². The lowest BCUT2D eigenvalue weighted by Crippen LogP contribution is -2.27. The van der Waals surface area contributed by atoms with E-state index in [9.17, 15) is 4.39 Å². The average Bonchev–Trinajstić information content (AvgIpc) is 2.36. The molecule has 0 aliphatic carbocycles. The molecule has 0 aliphatic heterocycles. The van der Waals surface area contributed by atoms with Crippen molar-refractivity contribution < 1.29 is 24.2 Å². The zero-order chi connectivity index (χ0) is 14.8. The number of anilines is 1. The lowest BCUT2D eigenvalue weighted by atomic mass is 10.3. The highest BCUT2D eigenvalue weighted by Crippen LogP contribution is 2.10. The molecule has 0 aliphatic rings. The molecule has 0 unspecified atom stereocenters. The van der Waals surface area contributed by atoms with Gasteiger partial charge in [-0.25, -0.2) is 14.0 Å². The Balaban J connectivity index is 0.000000459. The van der Waals surface area contributed by atoms with E-state index in [1.165, 1.54) is 17.1 Å². The third kappa shape index (κ3) is 8.20. The van der Waals surface area contributed by atoms with Crippen LogP contribution < -0.4 is 5.43 Å². The lowest BCUT2D eigenvalue weighted by molar-refractivity contribution is -0.159. The van der Waals surface area contributed by atoms with E-state index in [2.05, 4.69) is 5.43 Å². The average molecular weight is 313 g/mol. The molecule has 0 aromatic heterocycles. The van der Waals surface area contributed by atoms with Crippen LogP contribution in [0, 0.1) is 5.82 Å². The number of hydrogen-bond acceptors (Lipinski definition) is 4. The fourth-order valence-electron chi connectivity index (χ4n) is 0.832. The van der Waals surface area contributed by atoms with Gasteiger partial charge in [0.1, 0.15) is 5.82 Å². The van der Waals surface area contributed by atoms with Crippen LogP contribution >= 0.6 is 23.2 Å². The second kappa shape index (κ2) is 9.37. The second-order valence-electron chi connectivity index (χ2n) is 3.01. The number of benzene rings is 1. The molecule has 0 radical (unpaired) electrons. The summed E-state index contributed by atoms with van der Waals surface area (Å²) in [5, 5.41) is 16.3. The predicted molar refractivity (Wildman–Crippen MR) is 68.6 cm³/mol. The molecule has 1 aromatic carbocycles. The number of alkyl halides is 2. The molecule has 0 heterocycles. The van der Waals surface area contributed by atoms with Gasteiger partial charge in [0, 0.05) is 0 Å². The maximum absolute atomic E-state index is 12.7. The number of carboxylic acids is 2. The van der Waals surface area contributed by atoms with Crippen LogP contribution in [-0.2, 0) is 9.59 Å². The molecular formula is C10H11Cl2FN2O4. The van der Waals surface area contributed by atoms with Crippen LogP contribution in [0.25, 0.3) is 0 Å². The number of halogens is 3. The lowest BCUT2D eigenvalue weighted by Gasteiger charge is -2.18. The third-order valence-electron chi connectivity index (χ3n) is 1.58. The summed E-state index contributed by atoms with van der Waals surface area (Å²) >= 11 is 11.1. The van der Waals surface area contributed by atoms with E-state index in [0.29, 0.717) is 5.69 Å². The topological polar surface area (TPSA) is 89.9 Å². The first-order chi connectivity index (χ1) is 8.90. The van der Waals surface area contributed by atoms with Gasteiger partial charge in [-0.05, 0) is 18.2 Å². The Bertz CT molecular complexity index is 418. The summed E-state index contributed by atoms with van der Waals surface area (Å²) in [6, 6.07) is 6.55. The van der Waals surface area contributed by atoms with Crippen LogP contribution in [0.2, 0.25) is 0 Å². The van der Waals surface area contributed by atoms with Gasteiger partial charge in [-0.2, -0.15) is 5.01 Å². The number of nitrogens with zero attached hydrogens (tertiary/aromatic N) is 1. The van der Waals surface area contributed by atoms with Crippen LogP contribution in [0.3, 0.4) is 0 Å². The minimum atomic E-state index is -1.82. The van der Waals surface area contributed by atoms with E-state index in [1.54, 1.807) is 12.1 Å². The van der Waals surface area contributed by atoms with Gasteiger partial charge in [0.05, 0.1) is 17.7 Å². The normalized spacial score (nSPS) is 9.47. The Hall–Kier alpha value is -1.57. The highest BCUT2D eigenvalue weighted by molar-refractivity contribution is 6.27. The quantitative estimate of drug-likeness (QED) is 0.341. The smallest absolute Gasteiger partial charge is 0.414 e. The molecule has 0 fully saturated rings. The van der Waals surface area contributed by atoms with E-state index in [0.717, 1.165) is 0 Å². The Morgan fingerprint density at radius 1 is 1.21 bits per heavy atom.